The van der Waals surface area contributed by atoms with Gasteiger partial charge in [0.1, 0.15) is 24.0 Å². The van der Waals surface area contributed by atoms with Crippen LogP contribution in [0.4, 0.5) is 14.6 Å². The van der Waals surface area contributed by atoms with Crippen LogP contribution in [0.25, 0.3) is 10.8 Å². The Morgan fingerprint density at radius 3 is 2.78 bits per heavy atom. The Morgan fingerprint density at radius 2 is 2.07 bits per heavy atom. The van der Waals surface area contributed by atoms with Gasteiger partial charge in [0.15, 0.2) is 17.9 Å². The van der Waals surface area contributed by atoms with Gasteiger partial charge in [-0.3, -0.25) is 13.9 Å². The highest BCUT2D eigenvalue weighted by Crippen LogP contribution is 2.48. The summed E-state index contributed by atoms with van der Waals surface area (Å²) >= 11 is 5.41. The average molecular weight is 613 g/mol. The highest BCUT2D eigenvalue weighted by Gasteiger charge is 2.58. The number of aromatic nitrogens is 2. The van der Waals surface area contributed by atoms with E-state index < -0.39 is 67.8 Å². The number of aliphatic hydroxyl groups excluding tert-OH is 1. The number of nitrogens with one attached hydrogen (secondary N) is 1. The first-order chi connectivity index (χ1) is 19.4. The Kier molecular flexibility index (Phi) is 8.98. The van der Waals surface area contributed by atoms with E-state index in [1.807, 2.05) is 5.92 Å². The normalized spacial score (nSPS) is 24.2. The maximum Gasteiger partial charge on any atom is 0.459 e. The van der Waals surface area contributed by atoms with E-state index in [9.17, 15) is 23.7 Å². The quantitative estimate of drug-likeness (QED) is 0.185. The molecular weight excluding hydrogens is 589 g/mol. The number of fused-ring (bicyclic) bond motifs is 1. The minimum atomic E-state index is -4.50. The summed E-state index contributed by atoms with van der Waals surface area (Å²) in [6.07, 6.45) is -5.35. The predicted octanol–water partition coefficient (Wildman–Crippen LogP) is 2.64. The second-order valence-corrected chi connectivity index (χ2v) is 10.7. The number of methoxy groups -OCH3 is 1. The van der Waals surface area contributed by atoms with Crippen LogP contribution in [0.5, 0.6) is 5.75 Å². The second-order valence-electron chi connectivity index (χ2n) is 8.86. The third kappa shape index (κ3) is 6.20. The molecule has 1 unspecified atom stereocenters. The third-order valence-corrected chi connectivity index (χ3v) is 7.88. The van der Waals surface area contributed by atoms with Crippen LogP contribution in [0.15, 0.2) is 53.5 Å². The van der Waals surface area contributed by atoms with Crippen molar-refractivity contribution in [2.24, 2.45) is 0 Å². The minimum Gasteiger partial charge on any atom is -0.468 e. The van der Waals surface area contributed by atoms with Crippen molar-refractivity contribution < 1.29 is 41.8 Å². The van der Waals surface area contributed by atoms with Gasteiger partial charge in [0, 0.05) is 10.8 Å². The van der Waals surface area contributed by atoms with Gasteiger partial charge in [0.05, 0.1) is 19.9 Å². The summed E-state index contributed by atoms with van der Waals surface area (Å²) in [6.45, 7) is 0.513. The number of halogens is 3. The molecule has 1 saturated heterocycles. The van der Waals surface area contributed by atoms with Crippen molar-refractivity contribution in [1.82, 2.24) is 14.6 Å². The van der Waals surface area contributed by atoms with Crippen molar-refractivity contribution in [2.75, 3.05) is 19.5 Å². The molecule has 4 N–H and O–H groups in total. The Morgan fingerprint density at radius 1 is 1.37 bits per heavy atom. The monoisotopic (exact) mass is 612 g/mol. The lowest BCUT2D eigenvalue weighted by Gasteiger charge is -2.25. The Balaban J connectivity index is 1.65. The molecule has 0 radical (unpaired) electrons. The number of anilines is 1. The number of carbonyl (C=O) groups is 1. The Hall–Kier alpha value is -3.57. The zero-order chi connectivity index (χ0) is 29.9. The van der Waals surface area contributed by atoms with Crippen LogP contribution in [0.1, 0.15) is 13.2 Å². The predicted molar refractivity (Wildman–Crippen MR) is 143 cm³/mol. The summed E-state index contributed by atoms with van der Waals surface area (Å²) < 4.78 is 65.9. The number of rotatable bonds is 9. The number of alkyl halides is 1. The molecule has 2 aromatic carbocycles. The van der Waals surface area contributed by atoms with Crippen LogP contribution in [-0.4, -0.2) is 58.3 Å². The molecule has 6 atom stereocenters. The number of ether oxygens (including phenoxy) is 2. The van der Waals surface area contributed by atoms with Crippen molar-refractivity contribution in [1.29, 1.82) is 0 Å². The maximum absolute atomic E-state index is 16.0. The third-order valence-electron chi connectivity index (χ3n) is 6.15. The van der Waals surface area contributed by atoms with E-state index in [1.165, 1.54) is 13.0 Å². The van der Waals surface area contributed by atoms with Gasteiger partial charge in [-0.25, -0.2) is 18.1 Å². The van der Waals surface area contributed by atoms with Crippen LogP contribution in [0, 0.1) is 17.1 Å². The lowest BCUT2D eigenvalue weighted by atomic mass is 9.97. The van der Waals surface area contributed by atoms with Gasteiger partial charge in [-0.1, -0.05) is 36.4 Å². The molecule has 1 fully saturated rings. The molecule has 0 amide bonds. The Bertz CT molecular complexity index is 1630. The highest BCUT2D eigenvalue weighted by atomic mass is 35.5. The molecule has 0 saturated carbocycles. The number of hydrogen-bond acceptors (Lipinski definition) is 10. The zero-order valence-corrected chi connectivity index (χ0v) is 23.1. The maximum atomic E-state index is 16.0. The molecule has 12 nitrogen and oxygen atoms in total. The second kappa shape index (κ2) is 12.1. The fourth-order valence-electron chi connectivity index (χ4n) is 4.12. The van der Waals surface area contributed by atoms with Crippen molar-refractivity contribution in [3.8, 4) is 17.0 Å². The van der Waals surface area contributed by atoms with Gasteiger partial charge >= 0.3 is 19.4 Å². The molecule has 0 bridgehead atoms. The van der Waals surface area contributed by atoms with Crippen molar-refractivity contribution in [3.05, 3.63) is 65.0 Å². The van der Waals surface area contributed by atoms with E-state index in [1.54, 1.807) is 41.8 Å². The van der Waals surface area contributed by atoms with Crippen LogP contribution in [0.2, 0.25) is 0 Å². The number of nitrogens with two attached hydrogens (primary N) is 1. The van der Waals surface area contributed by atoms with Crippen LogP contribution in [-0.2, 0) is 23.4 Å². The van der Waals surface area contributed by atoms with Gasteiger partial charge in [0.2, 0.25) is 5.67 Å². The summed E-state index contributed by atoms with van der Waals surface area (Å²) in [5, 5.41) is 16.3. The molecule has 0 spiro atoms. The number of benzene rings is 2. The number of hydrogen-bond donors (Lipinski definition) is 3. The first-order valence-corrected chi connectivity index (χ1v) is 13.8. The molecule has 3 aromatic rings. The lowest BCUT2D eigenvalue weighted by molar-refractivity contribution is -0.142. The molecular formula is C25H24ClF2N4O8P. The molecule has 4 rings (SSSR count). The first kappa shape index (κ1) is 30.4. The fourth-order valence-corrected chi connectivity index (χ4v) is 5.79. The SMILES string of the molecule is COC(=O)[C@H](C)NP(=O)(OC[C@H]1O[C@@H](n2cc(F)c(N)nc2=O)[C@@](F)(C#CCl)[C@@H]1O)Oc1cccc2ccccc12. The molecule has 1 aromatic heterocycles. The van der Waals surface area contributed by atoms with E-state index in [4.69, 9.17) is 31.1 Å². The van der Waals surface area contributed by atoms with E-state index >= 15 is 4.39 Å². The molecule has 1 aliphatic rings. The van der Waals surface area contributed by atoms with Gasteiger partial charge in [0.25, 0.3) is 0 Å². The van der Waals surface area contributed by atoms with Crippen LogP contribution < -0.4 is 21.0 Å². The highest BCUT2D eigenvalue weighted by molar-refractivity contribution is 7.52. The lowest BCUT2D eigenvalue weighted by Crippen LogP contribution is -2.44. The number of esters is 1. The van der Waals surface area contributed by atoms with E-state index in [-0.39, 0.29) is 5.75 Å². The number of carbonyl (C=O) groups excluding carboxylic acids is 1. The number of nitrogens with zero attached hydrogens (tertiary/aromatic N) is 2. The largest absolute Gasteiger partial charge is 0.468 e. The minimum absolute atomic E-state index is 0.115. The Labute approximate surface area is 236 Å². The molecule has 16 heteroatoms. The molecule has 0 aliphatic carbocycles. The van der Waals surface area contributed by atoms with Gasteiger partial charge in [-0.2, -0.15) is 10.1 Å². The van der Waals surface area contributed by atoms with E-state index in [2.05, 4.69) is 14.8 Å². The van der Waals surface area contributed by atoms with Gasteiger partial charge < -0.3 is 24.8 Å². The first-order valence-electron chi connectivity index (χ1n) is 11.9. The topological polar surface area (TPSA) is 164 Å². The van der Waals surface area contributed by atoms with E-state index in [0.717, 1.165) is 12.5 Å². The van der Waals surface area contributed by atoms with Crippen LogP contribution >= 0.6 is 19.3 Å². The van der Waals surface area contributed by atoms with Gasteiger partial charge in [-0.15, -0.1) is 0 Å². The summed E-state index contributed by atoms with van der Waals surface area (Å²) in [6, 6.07) is 10.7. The summed E-state index contributed by atoms with van der Waals surface area (Å²) in [7, 11) is -3.38. The average Bonchev–Trinajstić information content (AvgIpc) is 3.18. The standard InChI is InChI=1S/C25H24ClF2N4O8P/c1-14(22(34)37-2)31-41(36,40-18-9-5-7-15-6-3-4-8-16(15)18)38-13-19-20(33)25(28,10-11-26)23(39-19)32-12-17(27)21(29)30-24(32)35/h3-9,12,14,19-20,23,33H,13H2,1-2H3,(H,31,36)(H2,29,30,35)/t14-,19+,20+,23+,25+,41?/m0/s1. The summed E-state index contributed by atoms with van der Waals surface area (Å²) in [5.74, 6) is -0.673. The molecule has 41 heavy (non-hydrogen) atoms. The molecule has 218 valence electrons. The summed E-state index contributed by atoms with van der Waals surface area (Å²) in [4.78, 5) is 27.7. The van der Waals surface area contributed by atoms with Crippen molar-refractivity contribution in [3.63, 3.8) is 0 Å². The zero-order valence-electron chi connectivity index (χ0n) is 21.5. The van der Waals surface area contributed by atoms with Gasteiger partial charge in [-0.05, 0) is 35.9 Å². The fraction of sp³-hybridized carbons (Fsp3) is 0.320. The summed E-state index contributed by atoms with van der Waals surface area (Å²) in [5.41, 5.74) is 1.02. The molecule has 2 heterocycles. The van der Waals surface area contributed by atoms with Crippen LogP contribution in [0.3, 0.4) is 0 Å². The molecule has 1 aliphatic heterocycles. The smallest absolute Gasteiger partial charge is 0.459 e. The number of aliphatic hydroxyl groups is 1. The van der Waals surface area contributed by atoms with Crippen molar-refractivity contribution >= 4 is 41.9 Å². The van der Waals surface area contributed by atoms with Crippen molar-refractivity contribution in [2.45, 2.75) is 37.1 Å². The van der Waals surface area contributed by atoms with E-state index in [0.29, 0.717) is 16.2 Å². The number of nitrogen functional groups attached to an aromatic ring is 1.